The van der Waals surface area contributed by atoms with Crippen LogP contribution >= 0.6 is 22.6 Å². The van der Waals surface area contributed by atoms with Gasteiger partial charge in [0.25, 0.3) is 0 Å². The molecule has 8 heavy (non-hydrogen) atoms. The maximum Gasteiger partial charge on any atom is 0.0112 e. The SMILES string of the molecule is CC(I)C1CCC1C. The van der Waals surface area contributed by atoms with Crippen LogP contribution < -0.4 is 0 Å². The van der Waals surface area contributed by atoms with E-state index in [-0.39, 0.29) is 0 Å². The van der Waals surface area contributed by atoms with E-state index in [1.165, 1.54) is 12.8 Å². The van der Waals surface area contributed by atoms with Gasteiger partial charge in [-0.05, 0) is 18.3 Å². The molecule has 0 aromatic carbocycles. The molecule has 0 bridgehead atoms. The first kappa shape index (κ1) is 6.84. The molecule has 0 aromatic heterocycles. The van der Waals surface area contributed by atoms with E-state index in [0.29, 0.717) is 0 Å². The fourth-order valence-electron chi connectivity index (χ4n) is 1.37. The summed E-state index contributed by atoms with van der Waals surface area (Å²) in [5.74, 6) is 2.05. The van der Waals surface area contributed by atoms with Crippen LogP contribution in [0.15, 0.2) is 0 Å². The highest BCUT2D eigenvalue weighted by atomic mass is 127. The maximum absolute atomic E-state index is 2.53. The van der Waals surface area contributed by atoms with Crippen LogP contribution in [0.2, 0.25) is 0 Å². The molecule has 0 aliphatic heterocycles. The Morgan fingerprint density at radius 3 is 2.12 bits per heavy atom. The van der Waals surface area contributed by atoms with Gasteiger partial charge in [-0.1, -0.05) is 42.9 Å². The van der Waals surface area contributed by atoms with Gasteiger partial charge >= 0.3 is 0 Å². The molecule has 3 atom stereocenters. The average molecular weight is 224 g/mol. The minimum absolute atomic E-state index is 0.899. The number of rotatable bonds is 1. The largest absolute Gasteiger partial charge is 0.0826 e. The summed E-state index contributed by atoms with van der Waals surface area (Å²) >= 11 is 2.53. The minimum atomic E-state index is 0.899. The molecule has 0 nitrogen and oxygen atoms in total. The van der Waals surface area contributed by atoms with E-state index in [2.05, 4.69) is 36.4 Å². The lowest BCUT2D eigenvalue weighted by atomic mass is 9.74. The Bertz CT molecular complexity index is 73.7. The van der Waals surface area contributed by atoms with E-state index in [0.717, 1.165) is 15.8 Å². The molecule has 1 saturated carbocycles. The Labute approximate surface area is 65.2 Å². The number of hydrogen-bond acceptors (Lipinski definition) is 0. The zero-order valence-corrected chi connectivity index (χ0v) is 7.68. The zero-order chi connectivity index (χ0) is 6.15. The van der Waals surface area contributed by atoms with Crippen LogP contribution in [0, 0.1) is 11.8 Å². The molecule has 3 unspecified atom stereocenters. The summed E-state index contributed by atoms with van der Waals surface area (Å²) < 4.78 is 0.899. The highest BCUT2D eigenvalue weighted by Gasteiger charge is 2.29. The van der Waals surface area contributed by atoms with Crippen LogP contribution in [0.1, 0.15) is 26.7 Å². The molecule has 0 aromatic rings. The zero-order valence-electron chi connectivity index (χ0n) is 5.52. The predicted octanol–water partition coefficient (Wildman–Crippen LogP) is 2.86. The summed E-state index contributed by atoms with van der Waals surface area (Å²) in [5, 5.41) is 0. The van der Waals surface area contributed by atoms with Gasteiger partial charge in [0.15, 0.2) is 0 Å². The highest BCUT2D eigenvalue weighted by Crippen LogP contribution is 2.38. The van der Waals surface area contributed by atoms with Crippen LogP contribution in [0.25, 0.3) is 0 Å². The van der Waals surface area contributed by atoms with E-state index >= 15 is 0 Å². The number of hydrogen-bond donors (Lipinski definition) is 0. The van der Waals surface area contributed by atoms with Crippen molar-refractivity contribution in [3.05, 3.63) is 0 Å². The molecule has 1 heteroatoms. The van der Waals surface area contributed by atoms with E-state index in [1.807, 2.05) is 0 Å². The average Bonchev–Trinajstić information content (AvgIpc) is 1.61. The number of alkyl halides is 1. The minimum Gasteiger partial charge on any atom is -0.0826 e. The van der Waals surface area contributed by atoms with Gasteiger partial charge in [-0.2, -0.15) is 0 Å². The summed E-state index contributed by atoms with van der Waals surface area (Å²) in [4.78, 5) is 0. The van der Waals surface area contributed by atoms with Crippen molar-refractivity contribution >= 4 is 22.6 Å². The first-order valence-corrected chi connectivity index (χ1v) is 4.60. The van der Waals surface area contributed by atoms with Gasteiger partial charge in [0.2, 0.25) is 0 Å². The van der Waals surface area contributed by atoms with Gasteiger partial charge in [0, 0.05) is 3.92 Å². The van der Waals surface area contributed by atoms with Crippen molar-refractivity contribution in [2.24, 2.45) is 11.8 Å². The lowest BCUT2D eigenvalue weighted by Gasteiger charge is -2.36. The second-order valence-corrected chi connectivity index (χ2v) is 4.86. The molecule has 1 rings (SSSR count). The standard InChI is InChI=1S/C7H13I/c1-5-3-4-7(5)6(2)8/h5-7H,3-4H2,1-2H3. The highest BCUT2D eigenvalue weighted by molar-refractivity contribution is 14.1. The molecule has 0 heterocycles. The van der Waals surface area contributed by atoms with Gasteiger partial charge < -0.3 is 0 Å². The lowest BCUT2D eigenvalue weighted by Crippen LogP contribution is -2.28. The Kier molecular flexibility index (Phi) is 2.18. The molecule has 0 N–H and O–H groups in total. The molecule has 1 fully saturated rings. The van der Waals surface area contributed by atoms with Crippen LogP contribution in [-0.2, 0) is 0 Å². The first-order valence-electron chi connectivity index (χ1n) is 3.36. The summed E-state index contributed by atoms with van der Waals surface area (Å²) in [6, 6.07) is 0. The molecule has 0 saturated heterocycles. The van der Waals surface area contributed by atoms with Crippen molar-refractivity contribution in [1.82, 2.24) is 0 Å². The van der Waals surface area contributed by atoms with Crippen LogP contribution in [0.4, 0.5) is 0 Å². The fraction of sp³-hybridized carbons (Fsp3) is 1.00. The van der Waals surface area contributed by atoms with Gasteiger partial charge in [-0.3, -0.25) is 0 Å². The fourth-order valence-corrected chi connectivity index (χ4v) is 2.44. The molecule has 0 spiro atoms. The second kappa shape index (κ2) is 2.54. The summed E-state index contributed by atoms with van der Waals surface area (Å²) in [6.45, 7) is 4.68. The Hall–Kier alpha value is 0.730. The van der Waals surface area contributed by atoms with E-state index in [1.54, 1.807) is 0 Å². The normalized spacial score (nSPS) is 40.9. The third kappa shape index (κ3) is 1.17. The van der Waals surface area contributed by atoms with E-state index < -0.39 is 0 Å². The molecule has 0 radical (unpaired) electrons. The monoisotopic (exact) mass is 224 g/mol. The maximum atomic E-state index is 2.53. The molecule has 1 aliphatic rings. The smallest absolute Gasteiger partial charge is 0.0112 e. The quantitative estimate of drug-likeness (QED) is 0.474. The second-order valence-electron chi connectivity index (χ2n) is 2.90. The Morgan fingerprint density at radius 1 is 1.50 bits per heavy atom. The van der Waals surface area contributed by atoms with Crippen LogP contribution in [-0.4, -0.2) is 3.92 Å². The molecule has 1 aliphatic carbocycles. The van der Waals surface area contributed by atoms with Crippen LogP contribution in [0.3, 0.4) is 0 Å². The lowest BCUT2D eigenvalue weighted by molar-refractivity contribution is 0.202. The first-order chi connectivity index (χ1) is 3.72. The van der Waals surface area contributed by atoms with Crippen molar-refractivity contribution in [2.75, 3.05) is 0 Å². The topological polar surface area (TPSA) is 0 Å². The molecule has 48 valence electrons. The van der Waals surface area contributed by atoms with Crippen molar-refractivity contribution in [2.45, 2.75) is 30.6 Å². The molecular formula is C7H13I. The van der Waals surface area contributed by atoms with E-state index in [9.17, 15) is 0 Å². The van der Waals surface area contributed by atoms with Gasteiger partial charge in [-0.25, -0.2) is 0 Å². The molecule has 0 amide bonds. The van der Waals surface area contributed by atoms with Gasteiger partial charge in [0.1, 0.15) is 0 Å². The number of halogens is 1. The van der Waals surface area contributed by atoms with Crippen molar-refractivity contribution in [1.29, 1.82) is 0 Å². The van der Waals surface area contributed by atoms with Crippen LogP contribution in [0.5, 0.6) is 0 Å². The Balaban J connectivity index is 2.26. The summed E-state index contributed by atoms with van der Waals surface area (Å²) in [7, 11) is 0. The molecular weight excluding hydrogens is 211 g/mol. The predicted molar refractivity (Wildman–Crippen MR) is 45.4 cm³/mol. The summed E-state index contributed by atoms with van der Waals surface area (Å²) in [5.41, 5.74) is 0. The van der Waals surface area contributed by atoms with Crippen molar-refractivity contribution in [3.63, 3.8) is 0 Å². The van der Waals surface area contributed by atoms with Crippen molar-refractivity contribution < 1.29 is 0 Å². The summed E-state index contributed by atoms with van der Waals surface area (Å²) in [6.07, 6.45) is 2.95. The van der Waals surface area contributed by atoms with Crippen molar-refractivity contribution in [3.8, 4) is 0 Å². The van der Waals surface area contributed by atoms with E-state index in [4.69, 9.17) is 0 Å². The van der Waals surface area contributed by atoms with Gasteiger partial charge in [0.05, 0.1) is 0 Å². The van der Waals surface area contributed by atoms with Gasteiger partial charge in [-0.15, -0.1) is 0 Å². The third-order valence-corrected chi connectivity index (χ3v) is 3.20. The third-order valence-electron chi connectivity index (χ3n) is 2.28. The Morgan fingerprint density at radius 2 is 2.12 bits per heavy atom.